The predicted octanol–water partition coefficient (Wildman–Crippen LogP) is 2.12. The Hall–Kier alpha value is -2.83. The van der Waals surface area contributed by atoms with Gasteiger partial charge in [-0.1, -0.05) is 6.07 Å². The molecule has 0 N–H and O–H groups in total. The highest BCUT2D eigenvalue weighted by Crippen LogP contribution is 2.15. The van der Waals surface area contributed by atoms with Crippen LogP contribution < -0.4 is 5.49 Å². The van der Waals surface area contributed by atoms with E-state index in [1.807, 2.05) is 45.9 Å². The van der Waals surface area contributed by atoms with Crippen molar-refractivity contribution in [1.82, 2.24) is 24.1 Å². The van der Waals surface area contributed by atoms with E-state index in [4.69, 9.17) is 0 Å². The van der Waals surface area contributed by atoms with E-state index in [0.717, 1.165) is 17.0 Å². The monoisotopic (exact) mass is 338 g/mol. The molecule has 0 spiro atoms. The predicted molar refractivity (Wildman–Crippen MR) is 94.3 cm³/mol. The number of hydrogen-bond acceptors (Lipinski definition) is 5. The van der Waals surface area contributed by atoms with Crippen molar-refractivity contribution in [2.75, 3.05) is 0 Å². The summed E-state index contributed by atoms with van der Waals surface area (Å²) in [6.07, 6.45) is 4.23. The number of pyridine rings is 1. The minimum atomic E-state index is 0.0116. The third-order valence-electron chi connectivity index (χ3n) is 4.08. The van der Waals surface area contributed by atoms with E-state index in [1.54, 1.807) is 15.3 Å². The fourth-order valence-electron chi connectivity index (χ4n) is 2.88. The molecule has 130 valence electrons. The van der Waals surface area contributed by atoms with Gasteiger partial charge >= 0.3 is 0 Å². The van der Waals surface area contributed by atoms with Crippen LogP contribution in [0.15, 0.2) is 35.7 Å². The van der Waals surface area contributed by atoms with Crippen molar-refractivity contribution < 1.29 is 4.79 Å². The molecule has 0 bridgehead atoms. The number of aryl methyl sites for hydroxylation is 2. The standard InChI is InChI=1S/C18H22N6O/c1-12(2)21-16-7-5-6-10-23(16)17(25)9-8-15-13(3)22-18-19-11-20-24(18)14(15)4/h5-7,10-12H,8-9H2,1-4H3. The lowest BCUT2D eigenvalue weighted by molar-refractivity contribution is 0.0897. The summed E-state index contributed by atoms with van der Waals surface area (Å²) >= 11 is 0. The van der Waals surface area contributed by atoms with Crippen molar-refractivity contribution in [1.29, 1.82) is 0 Å². The highest BCUT2D eigenvalue weighted by molar-refractivity contribution is 5.78. The Bertz CT molecular complexity index is 983. The first-order valence-corrected chi connectivity index (χ1v) is 8.38. The molecule has 3 aromatic rings. The van der Waals surface area contributed by atoms with E-state index >= 15 is 0 Å². The Morgan fingerprint density at radius 2 is 2.08 bits per heavy atom. The van der Waals surface area contributed by atoms with E-state index < -0.39 is 0 Å². The van der Waals surface area contributed by atoms with Crippen molar-refractivity contribution in [2.24, 2.45) is 4.99 Å². The summed E-state index contributed by atoms with van der Waals surface area (Å²) < 4.78 is 3.33. The van der Waals surface area contributed by atoms with Gasteiger partial charge in [0, 0.05) is 30.0 Å². The van der Waals surface area contributed by atoms with E-state index in [9.17, 15) is 4.79 Å². The van der Waals surface area contributed by atoms with Crippen LogP contribution in [0.5, 0.6) is 0 Å². The van der Waals surface area contributed by atoms with Gasteiger partial charge < -0.3 is 0 Å². The van der Waals surface area contributed by atoms with Gasteiger partial charge in [0.2, 0.25) is 5.91 Å². The zero-order valence-corrected chi connectivity index (χ0v) is 15.0. The summed E-state index contributed by atoms with van der Waals surface area (Å²) in [4.78, 5) is 25.8. The van der Waals surface area contributed by atoms with Gasteiger partial charge in [0.15, 0.2) is 0 Å². The average molecular weight is 338 g/mol. The van der Waals surface area contributed by atoms with E-state index in [2.05, 4.69) is 20.1 Å². The first-order valence-electron chi connectivity index (χ1n) is 8.38. The molecule has 0 unspecified atom stereocenters. The number of hydrogen-bond donors (Lipinski definition) is 0. The van der Waals surface area contributed by atoms with Crippen LogP contribution in [-0.4, -0.2) is 36.1 Å². The van der Waals surface area contributed by atoms with Crippen molar-refractivity contribution in [3.8, 4) is 0 Å². The van der Waals surface area contributed by atoms with Gasteiger partial charge in [-0.2, -0.15) is 10.1 Å². The molecule has 0 atom stereocenters. The molecule has 0 radical (unpaired) electrons. The summed E-state index contributed by atoms with van der Waals surface area (Å²) in [7, 11) is 0. The van der Waals surface area contributed by atoms with Crippen molar-refractivity contribution in [3.63, 3.8) is 0 Å². The van der Waals surface area contributed by atoms with Crippen LogP contribution in [0.2, 0.25) is 0 Å². The Kier molecular flexibility index (Phi) is 4.74. The summed E-state index contributed by atoms with van der Waals surface area (Å²) in [6.45, 7) is 7.91. The second-order valence-electron chi connectivity index (χ2n) is 6.28. The van der Waals surface area contributed by atoms with Crippen molar-refractivity contribution in [2.45, 2.75) is 46.6 Å². The molecular formula is C18H22N6O. The molecule has 7 heteroatoms. The van der Waals surface area contributed by atoms with Gasteiger partial charge in [0.05, 0.1) is 0 Å². The smallest absolute Gasteiger partial charge is 0.252 e. The number of rotatable bonds is 4. The number of fused-ring (bicyclic) bond motifs is 1. The van der Waals surface area contributed by atoms with Crippen LogP contribution in [0.25, 0.3) is 5.78 Å². The molecule has 3 aromatic heterocycles. The van der Waals surface area contributed by atoms with Crippen LogP contribution in [0.1, 0.15) is 42.0 Å². The van der Waals surface area contributed by atoms with Gasteiger partial charge in [-0.25, -0.2) is 9.50 Å². The fraction of sp³-hybridized carbons (Fsp3) is 0.389. The number of carbonyl (C=O) groups is 1. The largest absolute Gasteiger partial charge is 0.274 e. The van der Waals surface area contributed by atoms with E-state index in [0.29, 0.717) is 24.1 Å². The minimum absolute atomic E-state index is 0.0116. The van der Waals surface area contributed by atoms with E-state index in [1.165, 1.54) is 6.33 Å². The minimum Gasteiger partial charge on any atom is -0.274 e. The molecule has 0 amide bonds. The van der Waals surface area contributed by atoms with Gasteiger partial charge in [0.25, 0.3) is 5.78 Å². The highest BCUT2D eigenvalue weighted by Gasteiger charge is 2.13. The first kappa shape index (κ1) is 17.0. The molecule has 0 aliphatic heterocycles. The van der Waals surface area contributed by atoms with Crippen LogP contribution in [0.3, 0.4) is 0 Å². The molecule has 0 saturated carbocycles. The molecule has 0 saturated heterocycles. The topological polar surface area (TPSA) is 77.4 Å². The quantitative estimate of drug-likeness (QED) is 0.730. The molecule has 0 fully saturated rings. The zero-order chi connectivity index (χ0) is 18.0. The zero-order valence-electron chi connectivity index (χ0n) is 15.0. The lowest BCUT2D eigenvalue weighted by atomic mass is 10.1. The van der Waals surface area contributed by atoms with Gasteiger partial charge in [-0.3, -0.25) is 14.4 Å². The van der Waals surface area contributed by atoms with Gasteiger partial charge in [0.1, 0.15) is 11.8 Å². The van der Waals surface area contributed by atoms with Crippen LogP contribution in [0, 0.1) is 13.8 Å². The Morgan fingerprint density at radius 3 is 2.84 bits per heavy atom. The molecular weight excluding hydrogens is 316 g/mol. The number of aromatic nitrogens is 5. The maximum atomic E-state index is 12.7. The number of carbonyl (C=O) groups excluding carboxylic acids is 1. The van der Waals surface area contributed by atoms with Gasteiger partial charge in [-0.15, -0.1) is 0 Å². The highest BCUT2D eigenvalue weighted by atomic mass is 16.2. The molecule has 0 aliphatic carbocycles. The lowest BCUT2D eigenvalue weighted by Crippen LogP contribution is -2.28. The maximum absolute atomic E-state index is 12.7. The van der Waals surface area contributed by atoms with Crippen molar-refractivity contribution >= 4 is 11.7 Å². The third-order valence-corrected chi connectivity index (χ3v) is 4.08. The number of nitrogens with zero attached hydrogens (tertiary/aromatic N) is 6. The molecule has 0 aromatic carbocycles. The second-order valence-corrected chi connectivity index (χ2v) is 6.28. The van der Waals surface area contributed by atoms with Crippen LogP contribution >= 0.6 is 0 Å². The van der Waals surface area contributed by atoms with Gasteiger partial charge in [-0.05, 0) is 51.8 Å². The fourth-order valence-corrected chi connectivity index (χ4v) is 2.88. The Balaban J connectivity index is 1.87. The Labute approximate surface area is 146 Å². The Morgan fingerprint density at radius 1 is 1.28 bits per heavy atom. The summed E-state index contributed by atoms with van der Waals surface area (Å²) in [5.41, 5.74) is 3.57. The van der Waals surface area contributed by atoms with E-state index in [-0.39, 0.29) is 11.9 Å². The summed E-state index contributed by atoms with van der Waals surface area (Å²) in [5, 5.41) is 4.19. The van der Waals surface area contributed by atoms with Crippen LogP contribution in [-0.2, 0) is 6.42 Å². The molecule has 0 aliphatic rings. The van der Waals surface area contributed by atoms with Crippen LogP contribution in [0.4, 0.5) is 0 Å². The first-order chi connectivity index (χ1) is 12.0. The average Bonchev–Trinajstić information content (AvgIpc) is 3.02. The van der Waals surface area contributed by atoms with Crippen molar-refractivity contribution in [3.05, 3.63) is 53.2 Å². The SMILES string of the molecule is Cc1nc2ncnn2c(C)c1CCC(=O)n1ccccc1=NC(C)C. The molecule has 3 heterocycles. The molecule has 7 nitrogen and oxygen atoms in total. The molecule has 25 heavy (non-hydrogen) atoms. The normalized spacial score (nSPS) is 12.3. The lowest BCUT2D eigenvalue weighted by Gasteiger charge is -2.11. The maximum Gasteiger partial charge on any atom is 0.252 e. The molecule has 3 rings (SSSR count). The summed E-state index contributed by atoms with van der Waals surface area (Å²) in [6, 6.07) is 5.72. The second kappa shape index (κ2) is 6.96. The third kappa shape index (κ3) is 3.50. The summed E-state index contributed by atoms with van der Waals surface area (Å²) in [5.74, 6) is 0.595.